The Balaban J connectivity index is 2.78. The van der Waals surface area contributed by atoms with E-state index in [0.717, 1.165) is 19.3 Å². The summed E-state index contributed by atoms with van der Waals surface area (Å²) in [7, 11) is -2.81. The Morgan fingerprint density at radius 3 is 2.22 bits per heavy atom. The van der Waals surface area contributed by atoms with E-state index in [2.05, 4.69) is 25.7 Å². The molecule has 0 bridgehead atoms. The molecule has 0 aromatic rings. The lowest BCUT2D eigenvalue weighted by Crippen LogP contribution is -2.58. The van der Waals surface area contributed by atoms with Crippen LogP contribution in [0.3, 0.4) is 0 Å². The van der Waals surface area contributed by atoms with Gasteiger partial charge in [-0.2, -0.15) is 0 Å². The fourth-order valence-corrected chi connectivity index (χ4v) is 4.03. The van der Waals surface area contributed by atoms with Crippen LogP contribution in [0, 0.1) is 5.92 Å². The van der Waals surface area contributed by atoms with Gasteiger partial charge in [0, 0.05) is 25.2 Å². The van der Waals surface area contributed by atoms with Crippen molar-refractivity contribution in [2.45, 2.75) is 45.6 Å². The SMILES string of the molecule is CCC(C)CC(CC)(CN)N1CCS(=O)(=O)CC1. The van der Waals surface area contributed by atoms with Gasteiger partial charge in [-0.15, -0.1) is 0 Å². The van der Waals surface area contributed by atoms with Crippen molar-refractivity contribution in [1.82, 2.24) is 4.90 Å². The molecular weight excluding hydrogens is 248 g/mol. The van der Waals surface area contributed by atoms with Crippen LogP contribution in [0.15, 0.2) is 0 Å². The number of rotatable bonds is 6. The molecule has 2 atom stereocenters. The average Bonchev–Trinajstić information content (AvgIpc) is 2.36. The second-order valence-electron chi connectivity index (χ2n) is 5.64. The molecule has 108 valence electrons. The molecule has 0 saturated carbocycles. The van der Waals surface area contributed by atoms with Gasteiger partial charge in [-0.25, -0.2) is 8.42 Å². The Morgan fingerprint density at radius 1 is 1.28 bits per heavy atom. The minimum atomic E-state index is -2.81. The highest BCUT2D eigenvalue weighted by Crippen LogP contribution is 2.29. The van der Waals surface area contributed by atoms with Crippen LogP contribution in [-0.4, -0.2) is 50.0 Å². The summed E-state index contributed by atoms with van der Waals surface area (Å²) in [4.78, 5) is 2.32. The maximum absolute atomic E-state index is 11.5. The highest BCUT2D eigenvalue weighted by molar-refractivity contribution is 7.91. The van der Waals surface area contributed by atoms with Crippen LogP contribution in [0.1, 0.15) is 40.0 Å². The fraction of sp³-hybridized carbons (Fsp3) is 1.00. The summed E-state index contributed by atoms with van der Waals surface area (Å²) in [6.07, 6.45) is 3.21. The first-order valence-electron chi connectivity index (χ1n) is 7.04. The summed E-state index contributed by atoms with van der Waals surface area (Å²) in [5, 5.41) is 0. The van der Waals surface area contributed by atoms with E-state index in [-0.39, 0.29) is 17.0 Å². The maximum atomic E-state index is 11.5. The van der Waals surface area contributed by atoms with Gasteiger partial charge in [-0.1, -0.05) is 27.2 Å². The third-order valence-electron chi connectivity index (χ3n) is 4.48. The third-order valence-corrected chi connectivity index (χ3v) is 6.09. The van der Waals surface area contributed by atoms with Gasteiger partial charge in [0.05, 0.1) is 11.5 Å². The van der Waals surface area contributed by atoms with Gasteiger partial charge in [0.15, 0.2) is 9.84 Å². The van der Waals surface area contributed by atoms with E-state index < -0.39 is 9.84 Å². The first kappa shape index (κ1) is 15.9. The zero-order chi connectivity index (χ0) is 13.8. The molecule has 0 aromatic carbocycles. The highest BCUT2D eigenvalue weighted by atomic mass is 32.2. The standard InChI is InChI=1S/C13H28N2O2S/c1-4-12(3)10-13(5-2,11-14)15-6-8-18(16,17)9-7-15/h12H,4-11,14H2,1-3H3. The molecule has 0 aliphatic carbocycles. The lowest BCUT2D eigenvalue weighted by Gasteiger charge is -2.46. The monoisotopic (exact) mass is 276 g/mol. The molecule has 1 aliphatic heterocycles. The molecular formula is C13H28N2O2S. The van der Waals surface area contributed by atoms with E-state index in [4.69, 9.17) is 5.73 Å². The Morgan fingerprint density at radius 2 is 1.83 bits per heavy atom. The first-order valence-corrected chi connectivity index (χ1v) is 8.87. The van der Waals surface area contributed by atoms with Gasteiger partial charge in [0.25, 0.3) is 0 Å². The lowest BCUT2D eigenvalue weighted by atomic mass is 9.83. The van der Waals surface area contributed by atoms with Crippen molar-refractivity contribution in [2.75, 3.05) is 31.1 Å². The van der Waals surface area contributed by atoms with Crippen LogP contribution < -0.4 is 5.73 Å². The van der Waals surface area contributed by atoms with E-state index in [0.29, 0.717) is 25.6 Å². The number of nitrogens with zero attached hydrogens (tertiary/aromatic N) is 1. The van der Waals surface area contributed by atoms with Crippen molar-refractivity contribution < 1.29 is 8.42 Å². The predicted molar refractivity (Wildman–Crippen MR) is 76.4 cm³/mol. The van der Waals surface area contributed by atoms with Crippen LogP contribution in [0.5, 0.6) is 0 Å². The quantitative estimate of drug-likeness (QED) is 0.793. The summed E-state index contributed by atoms with van der Waals surface area (Å²) in [5.74, 6) is 1.21. The summed E-state index contributed by atoms with van der Waals surface area (Å²) < 4.78 is 23.0. The van der Waals surface area contributed by atoms with Crippen LogP contribution in [0.2, 0.25) is 0 Å². The molecule has 0 spiro atoms. The van der Waals surface area contributed by atoms with Crippen molar-refractivity contribution in [3.63, 3.8) is 0 Å². The molecule has 0 radical (unpaired) electrons. The van der Waals surface area contributed by atoms with Crippen molar-refractivity contribution in [3.05, 3.63) is 0 Å². The zero-order valence-corrected chi connectivity index (χ0v) is 12.8. The normalized spacial score (nSPS) is 25.6. The maximum Gasteiger partial charge on any atom is 0.152 e. The number of sulfone groups is 1. The number of nitrogens with two attached hydrogens (primary N) is 1. The predicted octanol–water partition coefficient (Wildman–Crippen LogP) is 1.26. The molecule has 2 unspecified atom stereocenters. The summed E-state index contributed by atoms with van der Waals surface area (Å²) in [6, 6.07) is 0. The summed E-state index contributed by atoms with van der Waals surface area (Å²) >= 11 is 0. The minimum Gasteiger partial charge on any atom is -0.329 e. The Hall–Kier alpha value is -0.130. The molecule has 2 N–H and O–H groups in total. The number of hydrogen-bond acceptors (Lipinski definition) is 4. The molecule has 0 aromatic heterocycles. The molecule has 18 heavy (non-hydrogen) atoms. The molecule has 1 saturated heterocycles. The van der Waals surface area contributed by atoms with Gasteiger partial charge >= 0.3 is 0 Å². The molecule has 1 rings (SSSR count). The lowest BCUT2D eigenvalue weighted by molar-refractivity contribution is 0.0744. The number of hydrogen-bond donors (Lipinski definition) is 1. The Labute approximate surface area is 112 Å². The summed E-state index contributed by atoms with van der Waals surface area (Å²) in [6.45, 7) is 8.52. The zero-order valence-electron chi connectivity index (χ0n) is 12.0. The second kappa shape index (κ2) is 6.35. The minimum absolute atomic E-state index is 0.00856. The highest BCUT2D eigenvalue weighted by Gasteiger charge is 2.37. The van der Waals surface area contributed by atoms with Gasteiger partial charge in [-0.05, 0) is 18.8 Å². The van der Waals surface area contributed by atoms with Crippen molar-refractivity contribution >= 4 is 9.84 Å². The average molecular weight is 276 g/mol. The van der Waals surface area contributed by atoms with Gasteiger partial charge < -0.3 is 5.73 Å². The van der Waals surface area contributed by atoms with Crippen LogP contribution in [-0.2, 0) is 9.84 Å². The van der Waals surface area contributed by atoms with E-state index in [1.54, 1.807) is 0 Å². The molecule has 1 fully saturated rings. The molecule has 0 amide bonds. The van der Waals surface area contributed by atoms with Crippen molar-refractivity contribution in [1.29, 1.82) is 0 Å². The molecule has 4 nitrogen and oxygen atoms in total. The van der Waals surface area contributed by atoms with Crippen LogP contribution in [0.4, 0.5) is 0 Å². The summed E-state index contributed by atoms with van der Waals surface area (Å²) in [5.41, 5.74) is 6.02. The first-order chi connectivity index (χ1) is 8.39. The third kappa shape index (κ3) is 3.68. The van der Waals surface area contributed by atoms with Crippen LogP contribution >= 0.6 is 0 Å². The Bertz CT molecular complexity index is 336. The van der Waals surface area contributed by atoms with E-state index in [9.17, 15) is 8.42 Å². The van der Waals surface area contributed by atoms with Crippen LogP contribution in [0.25, 0.3) is 0 Å². The van der Waals surface area contributed by atoms with Crippen molar-refractivity contribution in [3.8, 4) is 0 Å². The van der Waals surface area contributed by atoms with Gasteiger partial charge in [-0.3, -0.25) is 4.90 Å². The van der Waals surface area contributed by atoms with Gasteiger partial charge in [0.1, 0.15) is 0 Å². The largest absolute Gasteiger partial charge is 0.329 e. The second-order valence-corrected chi connectivity index (χ2v) is 7.94. The van der Waals surface area contributed by atoms with E-state index >= 15 is 0 Å². The fourth-order valence-electron chi connectivity index (χ4n) is 2.83. The Kier molecular flexibility index (Phi) is 5.62. The van der Waals surface area contributed by atoms with E-state index in [1.807, 2.05) is 0 Å². The molecule has 1 heterocycles. The molecule has 5 heteroatoms. The topological polar surface area (TPSA) is 63.4 Å². The van der Waals surface area contributed by atoms with Gasteiger partial charge in [0.2, 0.25) is 0 Å². The smallest absolute Gasteiger partial charge is 0.152 e. The molecule has 1 aliphatic rings. The van der Waals surface area contributed by atoms with Crippen molar-refractivity contribution in [2.24, 2.45) is 11.7 Å². The van der Waals surface area contributed by atoms with E-state index in [1.165, 1.54) is 0 Å².